The van der Waals surface area contributed by atoms with E-state index in [-0.39, 0.29) is 89.3 Å². The van der Waals surface area contributed by atoms with Crippen LogP contribution in [0.15, 0.2) is 101 Å². The maximum absolute atomic E-state index is 13.6. The fourth-order valence-corrected chi connectivity index (χ4v) is 26.0. The van der Waals surface area contributed by atoms with Crippen molar-refractivity contribution in [1.29, 1.82) is 0 Å². The first-order valence-corrected chi connectivity index (χ1v) is 42.6. The summed E-state index contributed by atoms with van der Waals surface area (Å²) in [5.41, 5.74) is 14.7. The third-order valence-electron chi connectivity index (χ3n) is 34.6. The number of ether oxygens (including phenoxy) is 4. The molecule has 8 aliphatic carbocycles. The van der Waals surface area contributed by atoms with Gasteiger partial charge in [-0.25, -0.2) is 19.3 Å². The molecule has 8 fully saturated rings. The molecule has 2 aromatic heterocycles. The van der Waals surface area contributed by atoms with Crippen LogP contribution >= 0.6 is 15.9 Å². The lowest BCUT2D eigenvalue weighted by molar-refractivity contribution is -0.253. The molecular weight excluding hydrogens is 1440 g/mol. The number of aliphatic carboxylic acids is 2. The number of fused-ring (bicyclic) bond motifs is 6. The molecule has 10 aliphatic rings. The maximum Gasteiger partial charge on any atom is 0.488 e. The summed E-state index contributed by atoms with van der Waals surface area (Å²) in [6.07, 6.45) is 19.5. The van der Waals surface area contributed by atoms with Gasteiger partial charge < -0.3 is 50.7 Å². The highest BCUT2D eigenvalue weighted by atomic mass is 79.9. The van der Waals surface area contributed by atoms with Gasteiger partial charge in [-0.3, -0.25) is 9.59 Å². The van der Waals surface area contributed by atoms with Crippen molar-refractivity contribution < 1.29 is 48.8 Å². The second kappa shape index (κ2) is 29.5. The SMILES string of the molecule is CC(C)[C@@H](C)[C@@]1(C)CC[C@]2(C)[C@H]3CC[C@@H]4[C@@]5(COC[C@@]4(C)[C@@H](OC[C@](C)(N)C(C)(C)C)[C@H](n4ncnc4-c4ccccc4)C5)C3=CC[C@@]2(C)[C@@H]1C(=O)O.CC(C)[C@@H](C)[C@@]1(C)CC[C@]2(C)[C@H]3CC[C@@H]4[C@@]5(COC[C@@]4(C)[C@@H](OC[C@](C)(N)C(C)(C)C)[C@H](n4ncnc4Br)C5)C3=CC[C@@]2(C)[C@@H]1C(=O)O.OB(O)c1ccccc1. The maximum atomic E-state index is 13.6. The molecule has 2 saturated heterocycles. The van der Waals surface area contributed by atoms with Crippen molar-refractivity contribution in [3.63, 3.8) is 0 Å². The van der Waals surface area contributed by atoms with E-state index >= 15 is 0 Å². The number of hydrogen-bond acceptors (Lipinski definition) is 14. The molecule has 8 N–H and O–H groups in total. The zero-order valence-electron chi connectivity index (χ0n) is 70.9. The van der Waals surface area contributed by atoms with Crippen LogP contribution in [0.5, 0.6) is 0 Å². The van der Waals surface area contributed by atoms with E-state index in [0.717, 1.165) is 88.4 Å². The quantitative estimate of drug-likeness (QED) is 0.0450. The van der Waals surface area contributed by atoms with E-state index in [9.17, 15) is 19.8 Å². The second-order valence-electron chi connectivity index (χ2n) is 42.2. The number of nitrogens with two attached hydrogens (primary N) is 2. The highest BCUT2D eigenvalue weighted by Crippen LogP contribution is 2.78. The average molecular weight is 1580 g/mol. The molecule has 18 nitrogen and oxygen atoms in total. The van der Waals surface area contributed by atoms with Crippen molar-refractivity contribution in [1.82, 2.24) is 29.5 Å². The minimum Gasteiger partial charge on any atom is -0.481 e. The molecule has 608 valence electrons. The van der Waals surface area contributed by atoms with Crippen LogP contribution in [0.1, 0.15) is 241 Å². The Hall–Kier alpha value is -4.64. The normalized spacial score (nSPS) is 40.1. The Bertz CT molecular complexity index is 4040. The van der Waals surface area contributed by atoms with E-state index in [0.29, 0.717) is 97.2 Å². The largest absolute Gasteiger partial charge is 0.488 e. The molecule has 6 saturated carbocycles. The number of allylic oxidation sites excluding steroid dienone is 2. The molecule has 14 rings (SSSR count). The predicted octanol–water partition coefficient (Wildman–Crippen LogP) is 16.9. The Morgan fingerprint density at radius 2 is 0.955 bits per heavy atom. The summed E-state index contributed by atoms with van der Waals surface area (Å²) in [7, 11) is -1.34. The molecular formula is C90H138BBrN8O10. The van der Waals surface area contributed by atoms with Gasteiger partial charge in [-0.15, -0.1) is 0 Å². The van der Waals surface area contributed by atoms with Crippen molar-refractivity contribution >= 4 is 40.4 Å². The molecule has 0 radical (unpaired) electrons. The Kier molecular flexibility index (Phi) is 22.7. The topological polar surface area (TPSA) is 265 Å². The molecule has 20 heteroatoms. The summed E-state index contributed by atoms with van der Waals surface area (Å²) in [6.45, 7) is 53.3. The molecule has 24 atom stereocenters. The number of carboxylic acids is 2. The molecule has 110 heavy (non-hydrogen) atoms. The number of carboxylic acid groups (broad SMARTS) is 2. The first-order valence-electron chi connectivity index (χ1n) is 41.8. The van der Waals surface area contributed by atoms with Crippen LogP contribution in [0.25, 0.3) is 11.4 Å². The second-order valence-corrected chi connectivity index (χ2v) is 42.9. The van der Waals surface area contributed by atoms with Crippen molar-refractivity contribution in [3.05, 3.63) is 101 Å². The van der Waals surface area contributed by atoms with Crippen LogP contribution in [-0.2, 0) is 28.5 Å². The van der Waals surface area contributed by atoms with E-state index in [1.807, 2.05) is 16.8 Å². The Morgan fingerprint density at radius 1 is 0.564 bits per heavy atom. The van der Waals surface area contributed by atoms with Crippen molar-refractivity contribution in [3.8, 4) is 11.4 Å². The highest BCUT2D eigenvalue weighted by molar-refractivity contribution is 9.10. The molecule has 4 aromatic rings. The molecule has 4 heterocycles. The first kappa shape index (κ1) is 84.8. The smallest absolute Gasteiger partial charge is 0.481 e. The van der Waals surface area contributed by atoms with Gasteiger partial charge in [0.1, 0.15) is 12.7 Å². The van der Waals surface area contributed by atoms with Gasteiger partial charge in [0, 0.05) is 38.3 Å². The zero-order chi connectivity index (χ0) is 80.7. The van der Waals surface area contributed by atoms with Crippen LogP contribution in [0, 0.1) is 124 Å². The zero-order valence-corrected chi connectivity index (χ0v) is 72.5. The van der Waals surface area contributed by atoms with Crippen LogP contribution in [0.4, 0.5) is 0 Å². The number of aromatic nitrogens is 6. The molecule has 0 spiro atoms. The van der Waals surface area contributed by atoms with Gasteiger partial charge in [0.2, 0.25) is 0 Å². The Labute approximate surface area is 667 Å². The van der Waals surface area contributed by atoms with Crippen LogP contribution in [-0.4, -0.2) is 132 Å². The third kappa shape index (κ3) is 13.3. The minimum atomic E-state index is -1.34. The van der Waals surface area contributed by atoms with E-state index in [2.05, 4.69) is 214 Å². The lowest BCUT2D eigenvalue weighted by atomic mass is 9.34. The van der Waals surface area contributed by atoms with E-state index in [1.54, 1.807) is 36.9 Å². The number of nitrogens with zero attached hydrogens (tertiary/aromatic N) is 6. The van der Waals surface area contributed by atoms with Gasteiger partial charge in [0.25, 0.3) is 0 Å². The summed E-state index contributed by atoms with van der Waals surface area (Å²) < 4.78 is 32.7. The van der Waals surface area contributed by atoms with Crippen molar-refractivity contribution in [2.45, 2.75) is 265 Å². The summed E-state index contributed by atoms with van der Waals surface area (Å²) in [6, 6.07) is 18.9. The van der Waals surface area contributed by atoms with Gasteiger partial charge in [-0.1, -0.05) is 222 Å². The lowest BCUT2D eigenvalue weighted by Gasteiger charge is -2.71. The van der Waals surface area contributed by atoms with E-state index < -0.39 is 42.0 Å². The molecule has 4 bridgehead atoms. The van der Waals surface area contributed by atoms with Crippen LogP contribution in [0.2, 0.25) is 0 Å². The third-order valence-corrected chi connectivity index (χ3v) is 35.2. The molecule has 0 unspecified atom stereocenters. The summed E-state index contributed by atoms with van der Waals surface area (Å²) in [4.78, 5) is 36.4. The molecule has 2 aromatic carbocycles. The standard InChI is InChI=1S/C45H68N4O4.C39H63BrN4O4.C6H7BO2/c1-28(2)29(3)40(7)21-22-42(9)31-17-18-34-41(8)24-52-26-45(34,32(31)19-20-43(42,10)35(40)38(50)51)23-33(36(41)53-25-44(11,46)39(4,5)6)49-37(47-27-48-49)30-15-13-12-14-16-30;1-23(2)24(3)34(7)16-17-36(9)25-12-13-28-35(8)19-47-21-39(28,26(25)14-15-37(36,10)29(34)31(45)46)18-27(44-32(40)42-22-43-44)30(35)48-20-38(11,41)33(4,5)6;8-7(9)6-4-2-1-3-5-6/h12-16,19,27-29,31,33-36H,17-18,20-26,46H2,1-11H3,(H,50,51);14,22-25,27-30H,12-13,15-21,41H2,1-11H3,(H,45,46);1-5,8-9H/t29-,31+,33-,34+,35-,36+,40-,41-,42-,43+,44+,45+;24-,25+,27-,28+,29-,30+,34-,35-,36-,37+,38+,39+;/m11./s1. The average Bonchev–Trinajstić information content (AvgIpc) is 0.693. The number of rotatable bonds is 16. The highest BCUT2D eigenvalue weighted by Gasteiger charge is 2.75. The lowest BCUT2D eigenvalue weighted by Crippen LogP contribution is -2.69. The van der Waals surface area contributed by atoms with Gasteiger partial charge in [0.05, 0.1) is 75.8 Å². The van der Waals surface area contributed by atoms with E-state index in [4.69, 9.17) is 55.6 Å². The summed E-state index contributed by atoms with van der Waals surface area (Å²) >= 11 is 3.72. The van der Waals surface area contributed by atoms with Crippen LogP contribution in [0.3, 0.4) is 0 Å². The number of carbonyl (C=O) groups is 2. The summed E-state index contributed by atoms with van der Waals surface area (Å²) in [5.74, 6) is 1.60. The van der Waals surface area contributed by atoms with E-state index in [1.165, 1.54) is 11.1 Å². The Morgan fingerprint density at radius 3 is 1.32 bits per heavy atom. The number of hydrogen-bond donors (Lipinski definition) is 6. The number of halogens is 1. The molecule has 2 aliphatic heterocycles. The first-order chi connectivity index (χ1) is 51.1. The van der Waals surface area contributed by atoms with Gasteiger partial charge in [0.15, 0.2) is 10.6 Å². The summed E-state index contributed by atoms with van der Waals surface area (Å²) in [5, 5.41) is 49.1. The fourth-order valence-electron chi connectivity index (χ4n) is 25.6. The molecule has 0 amide bonds. The predicted molar refractivity (Wildman–Crippen MR) is 438 cm³/mol. The van der Waals surface area contributed by atoms with Crippen molar-refractivity contribution in [2.75, 3.05) is 39.6 Å². The van der Waals surface area contributed by atoms with Crippen LogP contribution < -0.4 is 16.9 Å². The van der Waals surface area contributed by atoms with Gasteiger partial charge >= 0.3 is 19.1 Å². The minimum absolute atomic E-state index is 0.0585. The number of benzene rings is 2. The Balaban J connectivity index is 0.000000184. The van der Waals surface area contributed by atoms with Gasteiger partial charge in [-0.2, -0.15) is 10.2 Å². The monoisotopic (exact) mass is 1580 g/mol. The van der Waals surface area contributed by atoms with Crippen molar-refractivity contribution in [2.24, 2.45) is 136 Å². The fraction of sp³-hybridized carbons (Fsp3) is 0.756. The van der Waals surface area contributed by atoms with Gasteiger partial charge in [-0.05, 0) is 203 Å².